The minimum atomic E-state index is 0.550. The van der Waals surface area contributed by atoms with E-state index in [0.29, 0.717) is 11.9 Å². The smallest absolute Gasteiger partial charge is 0.223 e. The van der Waals surface area contributed by atoms with Gasteiger partial charge in [0.05, 0.1) is 6.54 Å². The average molecular weight is 306 g/mol. The van der Waals surface area contributed by atoms with Crippen molar-refractivity contribution < 1.29 is 4.52 Å². The molecule has 0 aromatic carbocycles. The summed E-state index contributed by atoms with van der Waals surface area (Å²) in [6.07, 6.45) is 2.46. The van der Waals surface area contributed by atoms with Crippen LogP contribution in [0.4, 0.5) is 0 Å². The van der Waals surface area contributed by atoms with E-state index in [1.165, 1.54) is 22.6 Å². The Morgan fingerprint density at radius 1 is 1.43 bits per heavy atom. The van der Waals surface area contributed by atoms with Gasteiger partial charge in [0.2, 0.25) is 5.89 Å². The van der Waals surface area contributed by atoms with Gasteiger partial charge in [-0.3, -0.25) is 4.90 Å². The summed E-state index contributed by atoms with van der Waals surface area (Å²) in [4.78, 5) is 9.49. The Labute approximate surface area is 129 Å². The third-order valence-corrected chi connectivity index (χ3v) is 4.80. The van der Waals surface area contributed by atoms with Crippen molar-refractivity contribution in [3.63, 3.8) is 0 Å². The summed E-state index contributed by atoms with van der Waals surface area (Å²) in [6, 6.07) is 4.96. The molecule has 1 fully saturated rings. The van der Waals surface area contributed by atoms with Crippen LogP contribution in [0.15, 0.2) is 16.7 Å². The number of rotatable bonds is 5. The highest BCUT2D eigenvalue weighted by Crippen LogP contribution is 2.17. The molecule has 0 radical (unpaired) electrons. The lowest BCUT2D eigenvalue weighted by atomic mass is 10.1. The van der Waals surface area contributed by atoms with Crippen molar-refractivity contribution in [2.75, 3.05) is 13.1 Å². The van der Waals surface area contributed by atoms with E-state index in [0.717, 1.165) is 32.0 Å². The Kier molecular flexibility index (Phi) is 4.67. The van der Waals surface area contributed by atoms with E-state index in [9.17, 15) is 0 Å². The van der Waals surface area contributed by atoms with E-state index in [-0.39, 0.29) is 0 Å². The zero-order valence-electron chi connectivity index (χ0n) is 12.6. The van der Waals surface area contributed by atoms with E-state index in [2.05, 4.69) is 39.4 Å². The fourth-order valence-electron chi connectivity index (χ4n) is 2.80. The molecule has 2 aromatic heterocycles. The van der Waals surface area contributed by atoms with Crippen molar-refractivity contribution in [1.82, 2.24) is 20.4 Å². The summed E-state index contributed by atoms with van der Waals surface area (Å²) < 4.78 is 5.04. The van der Waals surface area contributed by atoms with Crippen LogP contribution >= 0.6 is 11.3 Å². The van der Waals surface area contributed by atoms with E-state index in [1.54, 1.807) is 0 Å². The number of nitrogens with zero attached hydrogens (tertiary/aromatic N) is 3. The monoisotopic (exact) mass is 306 g/mol. The Hall–Kier alpha value is -1.24. The largest absolute Gasteiger partial charge is 0.340 e. The molecular weight excluding hydrogens is 284 g/mol. The second kappa shape index (κ2) is 6.68. The van der Waals surface area contributed by atoms with Gasteiger partial charge in [0.1, 0.15) is 0 Å². The normalized spacial score (nSPS) is 20.0. The van der Waals surface area contributed by atoms with Gasteiger partial charge in [-0.1, -0.05) is 5.16 Å². The maximum Gasteiger partial charge on any atom is 0.223 e. The van der Waals surface area contributed by atoms with Crippen LogP contribution in [0, 0.1) is 13.8 Å². The molecule has 1 aliphatic heterocycles. The summed E-state index contributed by atoms with van der Waals surface area (Å²) >= 11 is 1.87. The molecule has 0 bridgehead atoms. The Morgan fingerprint density at radius 3 is 3.05 bits per heavy atom. The third kappa shape index (κ3) is 4.12. The molecule has 0 spiro atoms. The molecule has 6 heteroatoms. The van der Waals surface area contributed by atoms with Crippen LogP contribution in [0.5, 0.6) is 0 Å². The molecular formula is C15H22N4OS. The first kappa shape index (κ1) is 14.7. The molecule has 1 N–H and O–H groups in total. The van der Waals surface area contributed by atoms with Crippen LogP contribution in [0.2, 0.25) is 0 Å². The number of hydrogen-bond donors (Lipinski definition) is 1. The molecule has 2 aromatic rings. The summed E-state index contributed by atoms with van der Waals surface area (Å²) in [5.74, 6) is 1.44. The minimum absolute atomic E-state index is 0.550. The van der Waals surface area contributed by atoms with Crippen molar-refractivity contribution >= 4 is 11.3 Å². The quantitative estimate of drug-likeness (QED) is 0.920. The van der Waals surface area contributed by atoms with Crippen molar-refractivity contribution in [2.24, 2.45) is 0 Å². The van der Waals surface area contributed by atoms with Crippen LogP contribution in [-0.2, 0) is 13.1 Å². The Balaban J connectivity index is 1.48. The summed E-state index contributed by atoms with van der Waals surface area (Å²) in [6.45, 7) is 7.91. The third-order valence-electron chi connectivity index (χ3n) is 3.80. The second-order valence-corrected chi connectivity index (χ2v) is 7.07. The van der Waals surface area contributed by atoms with Crippen molar-refractivity contribution in [3.05, 3.63) is 33.6 Å². The molecule has 3 heterocycles. The maximum absolute atomic E-state index is 5.04. The number of nitrogens with one attached hydrogen (secondary N) is 1. The van der Waals surface area contributed by atoms with Crippen LogP contribution in [0.25, 0.3) is 0 Å². The summed E-state index contributed by atoms with van der Waals surface area (Å²) in [5, 5.41) is 7.66. The van der Waals surface area contributed by atoms with Crippen molar-refractivity contribution in [1.29, 1.82) is 0 Å². The lowest BCUT2D eigenvalue weighted by Crippen LogP contribution is -2.45. The van der Waals surface area contributed by atoms with E-state index in [1.807, 2.05) is 18.3 Å². The first-order valence-corrected chi connectivity index (χ1v) is 8.31. The summed E-state index contributed by atoms with van der Waals surface area (Å²) in [5.41, 5.74) is 0. The predicted molar refractivity (Wildman–Crippen MR) is 83.2 cm³/mol. The number of aromatic nitrogens is 2. The minimum Gasteiger partial charge on any atom is -0.340 e. The lowest BCUT2D eigenvalue weighted by molar-refractivity contribution is 0.177. The van der Waals surface area contributed by atoms with E-state index in [4.69, 9.17) is 4.52 Å². The van der Waals surface area contributed by atoms with Crippen LogP contribution in [-0.4, -0.2) is 34.2 Å². The van der Waals surface area contributed by atoms with Gasteiger partial charge in [-0.2, -0.15) is 4.98 Å². The number of piperidine rings is 1. The number of thiophene rings is 1. The van der Waals surface area contributed by atoms with E-state index >= 15 is 0 Å². The number of aryl methyl sites for hydroxylation is 2. The molecule has 114 valence electrons. The second-order valence-electron chi connectivity index (χ2n) is 5.70. The predicted octanol–water partition coefficient (Wildman–Crippen LogP) is 2.50. The molecule has 1 unspecified atom stereocenters. The molecule has 1 atom stereocenters. The SMILES string of the molecule is Cc1nc(CN2CCCC(NCc3ccc(C)s3)C2)no1. The summed E-state index contributed by atoms with van der Waals surface area (Å²) in [7, 11) is 0. The van der Waals surface area contributed by atoms with Gasteiger partial charge in [-0.05, 0) is 38.4 Å². The van der Waals surface area contributed by atoms with Gasteiger partial charge < -0.3 is 9.84 Å². The maximum atomic E-state index is 5.04. The van der Waals surface area contributed by atoms with E-state index < -0.39 is 0 Å². The molecule has 3 rings (SSSR count). The van der Waals surface area contributed by atoms with Crippen LogP contribution in [0.3, 0.4) is 0 Å². The fraction of sp³-hybridized carbons (Fsp3) is 0.600. The van der Waals surface area contributed by atoms with Crippen LogP contribution < -0.4 is 5.32 Å². The van der Waals surface area contributed by atoms with Crippen LogP contribution in [0.1, 0.15) is 34.3 Å². The number of hydrogen-bond acceptors (Lipinski definition) is 6. The average Bonchev–Trinajstić information content (AvgIpc) is 3.06. The van der Waals surface area contributed by atoms with Gasteiger partial charge in [0.15, 0.2) is 5.82 Å². The molecule has 21 heavy (non-hydrogen) atoms. The molecule has 0 saturated carbocycles. The highest BCUT2D eigenvalue weighted by atomic mass is 32.1. The zero-order chi connectivity index (χ0) is 14.7. The van der Waals surface area contributed by atoms with Crippen molar-refractivity contribution in [3.8, 4) is 0 Å². The zero-order valence-corrected chi connectivity index (χ0v) is 13.4. The topological polar surface area (TPSA) is 54.2 Å². The molecule has 5 nitrogen and oxygen atoms in total. The standard InChI is InChI=1S/C15H22N4OS/c1-11-5-6-14(21-11)8-16-13-4-3-7-19(9-13)10-15-17-12(2)20-18-15/h5-6,13,16H,3-4,7-10H2,1-2H3. The fourth-order valence-corrected chi connectivity index (χ4v) is 3.64. The first-order valence-electron chi connectivity index (χ1n) is 7.49. The van der Waals surface area contributed by atoms with Gasteiger partial charge in [-0.25, -0.2) is 0 Å². The van der Waals surface area contributed by atoms with Gasteiger partial charge >= 0.3 is 0 Å². The lowest BCUT2D eigenvalue weighted by Gasteiger charge is -2.32. The highest BCUT2D eigenvalue weighted by molar-refractivity contribution is 7.11. The van der Waals surface area contributed by atoms with Gasteiger partial charge in [0, 0.05) is 35.8 Å². The van der Waals surface area contributed by atoms with Crippen molar-refractivity contribution in [2.45, 2.75) is 45.8 Å². The highest BCUT2D eigenvalue weighted by Gasteiger charge is 2.21. The van der Waals surface area contributed by atoms with Gasteiger partial charge in [0.25, 0.3) is 0 Å². The molecule has 0 aliphatic carbocycles. The number of likely N-dealkylation sites (tertiary alicyclic amines) is 1. The molecule has 0 amide bonds. The molecule has 1 saturated heterocycles. The van der Waals surface area contributed by atoms with Gasteiger partial charge in [-0.15, -0.1) is 11.3 Å². The Bertz CT molecular complexity index is 580. The first-order chi connectivity index (χ1) is 10.2. The Morgan fingerprint density at radius 2 is 2.33 bits per heavy atom. The molecule has 1 aliphatic rings.